The van der Waals surface area contributed by atoms with E-state index >= 15 is 0 Å². The molecule has 0 amide bonds. The molecule has 1 heterocycles. The Hall–Kier alpha value is -2.17. The van der Waals surface area contributed by atoms with Crippen molar-refractivity contribution in [2.24, 2.45) is 0 Å². The van der Waals surface area contributed by atoms with Crippen LogP contribution < -0.4 is 5.73 Å². The fraction of sp³-hybridized carbons (Fsp3) is 0.350. The Labute approximate surface area is 143 Å². The van der Waals surface area contributed by atoms with Crippen molar-refractivity contribution in [3.63, 3.8) is 0 Å². The summed E-state index contributed by atoms with van der Waals surface area (Å²) in [6, 6.07) is 16.1. The molecule has 0 atom stereocenters. The molecule has 1 aliphatic rings. The van der Waals surface area contributed by atoms with Crippen LogP contribution in [0.3, 0.4) is 0 Å². The van der Waals surface area contributed by atoms with Crippen molar-refractivity contribution in [3.8, 4) is 0 Å². The Morgan fingerprint density at radius 3 is 2.33 bits per heavy atom. The first-order valence-corrected chi connectivity index (χ1v) is 8.50. The van der Waals surface area contributed by atoms with Gasteiger partial charge in [-0.05, 0) is 24.1 Å². The lowest BCUT2D eigenvalue weighted by molar-refractivity contribution is 0.0844. The summed E-state index contributed by atoms with van der Waals surface area (Å²) in [7, 11) is 0. The summed E-state index contributed by atoms with van der Waals surface area (Å²) in [6.45, 7) is 7.27. The summed E-state index contributed by atoms with van der Waals surface area (Å²) in [4.78, 5) is 17.1. The highest BCUT2D eigenvalue weighted by Gasteiger charge is 2.19. The molecule has 0 bridgehead atoms. The number of benzene rings is 2. The second-order valence-electron chi connectivity index (χ2n) is 6.53. The first-order valence-electron chi connectivity index (χ1n) is 8.50. The number of carbonyl (C=O) groups is 1. The number of anilines is 1. The molecule has 0 aliphatic carbocycles. The van der Waals surface area contributed by atoms with Crippen molar-refractivity contribution in [1.29, 1.82) is 0 Å². The van der Waals surface area contributed by atoms with Gasteiger partial charge in [-0.25, -0.2) is 0 Å². The highest BCUT2D eigenvalue weighted by Crippen LogP contribution is 2.14. The largest absolute Gasteiger partial charge is 0.398 e. The van der Waals surface area contributed by atoms with E-state index in [0.29, 0.717) is 17.8 Å². The van der Waals surface area contributed by atoms with Gasteiger partial charge in [0.1, 0.15) is 0 Å². The van der Waals surface area contributed by atoms with Crippen LogP contribution in [0, 0.1) is 6.92 Å². The lowest BCUT2D eigenvalue weighted by Crippen LogP contribution is -2.47. The van der Waals surface area contributed by atoms with Crippen LogP contribution in [0.25, 0.3) is 0 Å². The van der Waals surface area contributed by atoms with Crippen LogP contribution in [0.2, 0.25) is 0 Å². The van der Waals surface area contributed by atoms with E-state index in [-0.39, 0.29) is 5.78 Å². The number of piperazine rings is 1. The van der Waals surface area contributed by atoms with Gasteiger partial charge in [-0.15, -0.1) is 0 Å². The van der Waals surface area contributed by atoms with Crippen LogP contribution in [0.5, 0.6) is 0 Å². The van der Waals surface area contributed by atoms with E-state index in [9.17, 15) is 4.79 Å². The molecule has 0 saturated carbocycles. The van der Waals surface area contributed by atoms with Crippen LogP contribution in [-0.4, -0.2) is 48.3 Å². The number of rotatable bonds is 5. The number of hydrogen-bond acceptors (Lipinski definition) is 4. The highest BCUT2D eigenvalue weighted by molar-refractivity contribution is 5.98. The first kappa shape index (κ1) is 16.7. The van der Waals surface area contributed by atoms with Gasteiger partial charge in [0.15, 0.2) is 5.78 Å². The Kier molecular flexibility index (Phi) is 5.28. The summed E-state index contributed by atoms with van der Waals surface area (Å²) in [5.74, 6) is 0.151. The summed E-state index contributed by atoms with van der Waals surface area (Å²) in [5.41, 5.74) is 9.67. The van der Waals surface area contributed by atoms with Crippen LogP contribution >= 0.6 is 0 Å². The number of nitrogens with zero attached hydrogens (tertiary/aromatic N) is 2. The fourth-order valence-corrected chi connectivity index (χ4v) is 3.06. The molecule has 2 N–H and O–H groups in total. The number of Topliss-reactive ketones (excluding diaryl/α,β-unsaturated/α-hetero) is 1. The maximum Gasteiger partial charge on any atom is 0.176 e. The van der Waals surface area contributed by atoms with Crippen LogP contribution in [-0.2, 0) is 6.54 Å². The van der Waals surface area contributed by atoms with Crippen LogP contribution in [0.4, 0.5) is 5.69 Å². The third-order valence-electron chi connectivity index (χ3n) is 4.68. The molecule has 126 valence electrons. The maximum absolute atomic E-state index is 12.4. The summed E-state index contributed by atoms with van der Waals surface area (Å²) < 4.78 is 0. The van der Waals surface area contributed by atoms with Gasteiger partial charge in [0, 0.05) is 44.0 Å². The van der Waals surface area contributed by atoms with Crippen LogP contribution in [0.1, 0.15) is 21.5 Å². The smallest absolute Gasteiger partial charge is 0.176 e. The maximum atomic E-state index is 12.4. The monoisotopic (exact) mass is 323 g/mol. The highest BCUT2D eigenvalue weighted by atomic mass is 16.1. The second-order valence-corrected chi connectivity index (χ2v) is 6.53. The molecule has 1 aliphatic heterocycles. The van der Waals surface area contributed by atoms with Crippen LogP contribution in [0.15, 0.2) is 48.5 Å². The van der Waals surface area contributed by atoms with E-state index in [0.717, 1.165) is 38.3 Å². The summed E-state index contributed by atoms with van der Waals surface area (Å²) >= 11 is 0. The molecule has 2 aromatic carbocycles. The van der Waals surface area contributed by atoms with E-state index in [1.807, 2.05) is 25.1 Å². The summed E-state index contributed by atoms with van der Waals surface area (Å²) in [5, 5.41) is 0. The zero-order valence-corrected chi connectivity index (χ0v) is 14.2. The van der Waals surface area contributed by atoms with Gasteiger partial charge in [0.2, 0.25) is 0 Å². The lowest BCUT2D eigenvalue weighted by atomic mass is 10.1. The molecule has 0 unspecified atom stereocenters. The number of hydrogen-bond donors (Lipinski definition) is 1. The minimum absolute atomic E-state index is 0.151. The van der Waals surface area contributed by atoms with E-state index in [1.165, 1.54) is 5.56 Å². The third kappa shape index (κ3) is 4.22. The Morgan fingerprint density at radius 1 is 1.00 bits per heavy atom. The fourth-order valence-electron chi connectivity index (χ4n) is 3.06. The molecule has 3 rings (SSSR count). The molecular weight excluding hydrogens is 298 g/mol. The van der Waals surface area contributed by atoms with E-state index in [4.69, 9.17) is 5.73 Å². The molecule has 2 aromatic rings. The van der Waals surface area contributed by atoms with E-state index in [2.05, 4.69) is 34.1 Å². The second kappa shape index (κ2) is 7.60. The zero-order valence-electron chi connectivity index (χ0n) is 14.2. The number of nitrogens with two attached hydrogens (primary N) is 1. The van der Waals surface area contributed by atoms with E-state index < -0.39 is 0 Å². The van der Waals surface area contributed by atoms with Gasteiger partial charge in [0.05, 0.1) is 6.54 Å². The predicted octanol–water partition coefficient (Wildman–Crippen LogP) is 2.58. The van der Waals surface area contributed by atoms with Gasteiger partial charge >= 0.3 is 0 Å². The van der Waals surface area contributed by atoms with Gasteiger partial charge in [-0.2, -0.15) is 0 Å². The van der Waals surface area contributed by atoms with Crippen molar-refractivity contribution in [1.82, 2.24) is 9.80 Å². The number of carbonyl (C=O) groups excluding carboxylic acids is 1. The average molecular weight is 323 g/mol. The van der Waals surface area contributed by atoms with Crippen molar-refractivity contribution in [3.05, 3.63) is 65.2 Å². The quantitative estimate of drug-likeness (QED) is 0.679. The van der Waals surface area contributed by atoms with E-state index in [1.54, 1.807) is 6.07 Å². The van der Waals surface area contributed by atoms with Gasteiger partial charge in [0.25, 0.3) is 0 Å². The summed E-state index contributed by atoms with van der Waals surface area (Å²) in [6.07, 6.45) is 0. The molecular formula is C20H25N3O. The number of aryl methyl sites for hydroxylation is 1. The normalized spacial score (nSPS) is 16.2. The molecule has 1 saturated heterocycles. The zero-order chi connectivity index (χ0) is 16.9. The molecule has 0 aromatic heterocycles. The van der Waals surface area contributed by atoms with Gasteiger partial charge in [-0.1, -0.05) is 42.5 Å². The molecule has 4 heteroatoms. The minimum Gasteiger partial charge on any atom is -0.398 e. The minimum atomic E-state index is 0.151. The van der Waals surface area contributed by atoms with Crippen molar-refractivity contribution >= 4 is 11.5 Å². The third-order valence-corrected chi connectivity index (χ3v) is 4.68. The lowest BCUT2D eigenvalue weighted by Gasteiger charge is -2.34. The average Bonchev–Trinajstić information content (AvgIpc) is 2.60. The number of nitrogen functional groups attached to an aromatic ring is 1. The molecule has 0 radical (unpaired) electrons. The van der Waals surface area contributed by atoms with Gasteiger partial charge in [-0.3, -0.25) is 14.6 Å². The van der Waals surface area contributed by atoms with Crippen molar-refractivity contribution < 1.29 is 4.79 Å². The first-order chi connectivity index (χ1) is 11.6. The van der Waals surface area contributed by atoms with Gasteiger partial charge < -0.3 is 5.73 Å². The predicted molar refractivity (Wildman–Crippen MR) is 98.1 cm³/mol. The Balaban J connectivity index is 1.50. The molecule has 24 heavy (non-hydrogen) atoms. The topological polar surface area (TPSA) is 49.6 Å². The van der Waals surface area contributed by atoms with Crippen molar-refractivity contribution in [2.75, 3.05) is 38.5 Å². The number of ketones is 1. The Bertz CT molecular complexity index is 691. The standard InChI is InChI=1S/C20H25N3O/c1-16-7-8-18(13-19(16)21)20(24)15-23-11-9-22(10-12-23)14-17-5-3-2-4-6-17/h2-8,13H,9-12,14-15,21H2,1H3. The molecule has 1 fully saturated rings. The Morgan fingerprint density at radius 2 is 1.67 bits per heavy atom. The molecule has 4 nitrogen and oxygen atoms in total. The SMILES string of the molecule is Cc1ccc(C(=O)CN2CCN(Cc3ccccc3)CC2)cc1N. The van der Waals surface area contributed by atoms with Crippen molar-refractivity contribution in [2.45, 2.75) is 13.5 Å². The molecule has 0 spiro atoms.